The van der Waals surface area contributed by atoms with Gasteiger partial charge in [0.2, 0.25) is 0 Å². The Labute approximate surface area is 91.2 Å². The Morgan fingerprint density at radius 1 is 1.15 bits per heavy atom. The van der Waals surface area contributed by atoms with Crippen LogP contribution in [0.3, 0.4) is 0 Å². The van der Waals surface area contributed by atoms with E-state index in [1.165, 1.54) is 11.3 Å². The summed E-state index contributed by atoms with van der Waals surface area (Å²) in [6.45, 7) is 0. The first-order valence-electron chi connectivity index (χ1n) is 3.63. The van der Waals surface area contributed by atoms with Crippen molar-refractivity contribution in [2.24, 2.45) is 0 Å². The largest absolute Gasteiger partial charge is 1.00 e. The molecule has 0 fully saturated rings. The summed E-state index contributed by atoms with van der Waals surface area (Å²) in [5.41, 5.74) is 7.60. The zero-order chi connectivity index (χ0) is 8.39. The number of rotatable bonds is 1. The van der Waals surface area contributed by atoms with Gasteiger partial charge in [-0.05, 0) is 0 Å². The molecule has 0 aliphatic carbocycles. The summed E-state index contributed by atoms with van der Waals surface area (Å²) >= 11 is 1.47. The molecule has 0 spiro atoms. The summed E-state index contributed by atoms with van der Waals surface area (Å²) in [4.78, 5) is 4.18. The lowest BCUT2D eigenvalue weighted by Crippen LogP contribution is -3.00. The van der Waals surface area contributed by atoms with Crippen molar-refractivity contribution in [3.8, 4) is 11.3 Å². The van der Waals surface area contributed by atoms with E-state index < -0.39 is 0 Å². The van der Waals surface area contributed by atoms with Gasteiger partial charge in [0.15, 0.2) is 5.13 Å². The van der Waals surface area contributed by atoms with Crippen LogP contribution in [-0.2, 0) is 0 Å². The molecule has 13 heavy (non-hydrogen) atoms. The van der Waals surface area contributed by atoms with E-state index >= 15 is 0 Å². The van der Waals surface area contributed by atoms with E-state index in [1.54, 1.807) is 0 Å². The molecular weight excluding hydrogens is 248 g/mol. The molecule has 0 amide bonds. The van der Waals surface area contributed by atoms with Gasteiger partial charge in [0.05, 0.1) is 5.69 Å². The van der Waals surface area contributed by atoms with Crippen LogP contribution in [0.15, 0.2) is 35.7 Å². The number of nitrogen functional groups attached to an aromatic ring is 1. The highest BCUT2D eigenvalue weighted by atomic mass is 79.9. The van der Waals surface area contributed by atoms with E-state index in [0.29, 0.717) is 5.13 Å². The normalized spacial score (nSPS) is 9.23. The molecule has 68 valence electrons. The Bertz CT molecular complexity index is 372. The van der Waals surface area contributed by atoms with E-state index in [1.807, 2.05) is 35.7 Å². The highest BCUT2D eigenvalue weighted by Crippen LogP contribution is 2.22. The lowest BCUT2D eigenvalue weighted by atomic mass is 10.2. The molecule has 0 aliphatic heterocycles. The minimum atomic E-state index is 0. The van der Waals surface area contributed by atoms with Crippen molar-refractivity contribution in [1.82, 2.24) is 4.98 Å². The summed E-state index contributed by atoms with van der Waals surface area (Å²) in [5, 5.41) is 2.58. The fraction of sp³-hybridized carbons (Fsp3) is 0. The maximum Gasteiger partial charge on any atom is 0.180 e. The standard InChI is InChI=1S/C9H8N2S.BrH/c10-9-11-8(6-12-9)7-4-2-1-3-5-7;/h1-6H,(H2,10,11);1H/p-1. The molecule has 0 saturated heterocycles. The molecule has 2 aromatic rings. The quantitative estimate of drug-likeness (QED) is 0.739. The maximum atomic E-state index is 5.52. The predicted octanol–water partition coefficient (Wildman–Crippen LogP) is -0.604. The van der Waals surface area contributed by atoms with Crippen LogP contribution in [0.5, 0.6) is 0 Å². The van der Waals surface area contributed by atoms with Gasteiger partial charge < -0.3 is 22.7 Å². The summed E-state index contributed by atoms with van der Waals surface area (Å²) < 4.78 is 0. The van der Waals surface area contributed by atoms with E-state index in [0.717, 1.165) is 11.3 Å². The molecular formula is C9H8BrN2S-. The molecule has 0 bridgehead atoms. The third-order valence-corrected chi connectivity index (χ3v) is 2.27. The first kappa shape index (κ1) is 10.2. The Hall–Kier alpha value is -0.870. The van der Waals surface area contributed by atoms with Crippen molar-refractivity contribution in [2.45, 2.75) is 0 Å². The molecule has 1 heterocycles. The third kappa shape index (κ3) is 2.29. The highest BCUT2D eigenvalue weighted by Gasteiger charge is 1.99. The van der Waals surface area contributed by atoms with Gasteiger partial charge in [-0.15, -0.1) is 11.3 Å². The second kappa shape index (κ2) is 4.39. The van der Waals surface area contributed by atoms with E-state index in [4.69, 9.17) is 5.73 Å². The molecule has 1 aromatic heterocycles. The predicted molar refractivity (Wildman–Crippen MR) is 52.0 cm³/mol. The Balaban J connectivity index is 0.000000845. The van der Waals surface area contributed by atoms with Crippen LogP contribution in [0.1, 0.15) is 0 Å². The number of nitrogens with two attached hydrogens (primary N) is 1. The topological polar surface area (TPSA) is 38.9 Å². The maximum absolute atomic E-state index is 5.52. The summed E-state index contributed by atoms with van der Waals surface area (Å²) in [6.07, 6.45) is 0. The molecule has 0 aliphatic rings. The van der Waals surface area contributed by atoms with E-state index in [2.05, 4.69) is 4.98 Å². The van der Waals surface area contributed by atoms with Gasteiger partial charge >= 0.3 is 0 Å². The van der Waals surface area contributed by atoms with Crippen LogP contribution < -0.4 is 22.7 Å². The number of nitrogens with zero attached hydrogens (tertiary/aromatic N) is 1. The first-order valence-corrected chi connectivity index (χ1v) is 4.50. The van der Waals surface area contributed by atoms with Crippen LogP contribution in [0.4, 0.5) is 5.13 Å². The highest BCUT2D eigenvalue weighted by molar-refractivity contribution is 7.13. The minimum absolute atomic E-state index is 0. The molecule has 4 heteroatoms. The fourth-order valence-electron chi connectivity index (χ4n) is 1.03. The number of thiazole rings is 1. The number of hydrogen-bond donors (Lipinski definition) is 1. The van der Waals surface area contributed by atoms with Crippen molar-refractivity contribution >= 4 is 16.5 Å². The molecule has 0 unspecified atom stereocenters. The van der Waals surface area contributed by atoms with Crippen LogP contribution in [0, 0.1) is 0 Å². The van der Waals surface area contributed by atoms with Gasteiger partial charge in [0.25, 0.3) is 0 Å². The molecule has 2 nitrogen and oxygen atoms in total. The third-order valence-electron chi connectivity index (χ3n) is 1.59. The van der Waals surface area contributed by atoms with Crippen molar-refractivity contribution in [2.75, 3.05) is 5.73 Å². The average Bonchev–Trinajstić information content (AvgIpc) is 2.54. The minimum Gasteiger partial charge on any atom is -1.00 e. The number of benzene rings is 1. The summed E-state index contributed by atoms with van der Waals surface area (Å²) in [7, 11) is 0. The number of aromatic nitrogens is 1. The monoisotopic (exact) mass is 255 g/mol. The first-order chi connectivity index (χ1) is 5.86. The van der Waals surface area contributed by atoms with Gasteiger partial charge in [-0.3, -0.25) is 0 Å². The smallest absolute Gasteiger partial charge is 0.180 e. The van der Waals surface area contributed by atoms with Crippen molar-refractivity contribution in [3.05, 3.63) is 35.7 Å². The second-order valence-corrected chi connectivity index (χ2v) is 3.33. The average molecular weight is 256 g/mol. The summed E-state index contributed by atoms with van der Waals surface area (Å²) in [6, 6.07) is 10.0. The molecule has 2 N–H and O–H groups in total. The van der Waals surface area contributed by atoms with Crippen LogP contribution in [0.25, 0.3) is 11.3 Å². The number of halogens is 1. The number of hydrogen-bond acceptors (Lipinski definition) is 3. The van der Waals surface area contributed by atoms with Gasteiger partial charge in [0, 0.05) is 10.9 Å². The Morgan fingerprint density at radius 3 is 2.38 bits per heavy atom. The van der Waals surface area contributed by atoms with Crippen molar-refractivity contribution in [1.29, 1.82) is 0 Å². The Morgan fingerprint density at radius 2 is 1.85 bits per heavy atom. The van der Waals surface area contributed by atoms with Crippen molar-refractivity contribution in [3.63, 3.8) is 0 Å². The van der Waals surface area contributed by atoms with Crippen LogP contribution >= 0.6 is 11.3 Å². The summed E-state index contributed by atoms with van der Waals surface area (Å²) in [5.74, 6) is 0. The van der Waals surface area contributed by atoms with E-state index in [-0.39, 0.29) is 17.0 Å². The van der Waals surface area contributed by atoms with Gasteiger partial charge in [-0.25, -0.2) is 4.98 Å². The Kier molecular flexibility index (Phi) is 3.45. The zero-order valence-electron chi connectivity index (χ0n) is 6.77. The lowest BCUT2D eigenvalue weighted by molar-refractivity contribution is -0.00000241. The SMILES string of the molecule is Nc1nc(-c2ccccc2)cs1.[Br-]. The van der Waals surface area contributed by atoms with Gasteiger partial charge in [-0.2, -0.15) is 0 Å². The van der Waals surface area contributed by atoms with Crippen LogP contribution in [0.2, 0.25) is 0 Å². The van der Waals surface area contributed by atoms with Gasteiger partial charge in [-0.1, -0.05) is 30.3 Å². The number of anilines is 1. The lowest BCUT2D eigenvalue weighted by Gasteiger charge is -1.92. The molecule has 1 aromatic carbocycles. The molecule has 0 atom stereocenters. The fourth-order valence-corrected chi connectivity index (χ4v) is 1.60. The molecule has 0 saturated carbocycles. The van der Waals surface area contributed by atoms with Gasteiger partial charge in [0.1, 0.15) is 0 Å². The zero-order valence-corrected chi connectivity index (χ0v) is 9.18. The van der Waals surface area contributed by atoms with Crippen LogP contribution in [-0.4, -0.2) is 4.98 Å². The second-order valence-electron chi connectivity index (χ2n) is 2.44. The molecule has 2 rings (SSSR count). The molecule has 0 radical (unpaired) electrons. The van der Waals surface area contributed by atoms with E-state index in [9.17, 15) is 0 Å². The van der Waals surface area contributed by atoms with Crippen molar-refractivity contribution < 1.29 is 17.0 Å².